The SMILES string of the molecule is CC(=O)OC1C(=O)[C@H]2[C@@H](CCC3CCCC[C@@]32C)[C@@H]2C[C@@H]3O[C@]4(CC[C@@H](C)CO4)[C@@H](C)[C@@H]3[C@@]12C. The molecule has 0 radical (unpaired) electrons. The largest absolute Gasteiger partial charge is 0.454 e. The van der Waals surface area contributed by atoms with Crippen molar-refractivity contribution in [2.45, 2.75) is 110 Å². The molecule has 0 aromatic rings. The molecule has 2 aliphatic heterocycles. The minimum absolute atomic E-state index is 0.0175. The van der Waals surface area contributed by atoms with E-state index in [4.69, 9.17) is 14.2 Å². The van der Waals surface area contributed by atoms with E-state index in [1.54, 1.807) is 0 Å². The molecular weight excluding hydrogens is 428 g/mol. The molecule has 1 spiro atoms. The fourth-order valence-corrected chi connectivity index (χ4v) is 10.4. The normalized spacial score (nSPS) is 56.4. The van der Waals surface area contributed by atoms with E-state index in [1.165, 1.54) is 32.6 Å². The van der Waals surface area contributed by atoms with Crippen molar-refractivity contribution in [3.63, 3.8) is 0 Å². The Bertz CT molecular complexity index is 861. The highest BCUT2D eigenvalue weighted by Crippen LogP contribution is 2.71. The van der Waals surface area contributed by atoms with E-state index in [1.807, 2.05) is 0 Å². The van der Waals surface area contributed by atoms with Crippen LogP contribution in [-0.2, 0) is 23.8 Å². The van der Waals surface area contributed by atoms with Crippen LogP contribution in [-0.4, -0.2) is 36.4 Å². The molecular formula is C29H44O5. The molecule has 2 saturated heterocycles. The average molecular weight is 473 g/mol. The lowest BCUT2D eigenvalue weighted by molar-refractivity contribution is -0.273. The van der Waals surface area contributed by atoms with Crippen LogP contribution in [0, 0.1) is 52.3 Å². The van der Waals surface area contributed by atoms with Crippen LogP contribution in [0.1, 0.15) is 92.4 Å². The van der Waals surface area contributed by atoms with Crippen LogP contribution in [0.5, 0.6) is 0 Å². The van der Waals surface area contributed by atoms with Gasteiger partial charge < -0.3 is 14.2 Å². The highest BCUT2D eigenvalue weighted by Gasteiger charge is 2.74. The highest BCUT2D eigenvalue weighted by molar-refractivity contribution is 5.90. The van der Waals surface area contributed by atoms with E-state index in [0.717, 1.165) is 38.7 Å². The molecule has 2 heterocycles. The molecule has 0 aromatic heterocycles. The summed E-state index contributed by atoms with van der Waals surface area (Å²) in [5.74, 6) is 1.66. The van der Waals surface area contributed by atoms with Crippen molar-refractivity contribution in [3.05, 3.63) is 0 Å². The minimum atomic E-state index is -0.660. The van der Waals surface area contributed by atoms with Gasteiger partial charge in [-0.2, -0.15) is 0 Å². The van der Waals surface area contributed by atoms with Gasteiger partial charge in [-0.3, -0.25) is 9.59 Å². The van der Waals surface area contributed by atoms with Crippen LogP contribution < -0.4 is 0 Å². The predicted octanol–water partition coefficient (Wildman–Crippen LogP) is 5.54. The number of hydrogen-bond acceptors (Lipinski definition) is 5. The summed E-state index contributed by atoms with van der Waals surface area (Å²) in [6, 6.07) is 0. The van der Waals surface area contributed by atoms with Crippen molar-refractivity contribution in [1.82, 2.24) is 0 Å². The van der Waals surface area contributed by atoms with Crippen molar-refractivity contribution in [1.29, 1.82) is 0 Å². The zero-order valence-corrected chi connectivity index (χ0v) is 21.8. The van der Waals surface area contributed by atoms with Crippen LogP contribution in [0.25, 0.3) is 0 Å². The first-order valence-corrected chi connectivity index (χ1v) is 14.1. The standard InChI is InChI=1S/C29H44O5/c1-16-11-13-29(32-15-16)17(2)23-22(34-29)14-21-20-10-9-19-8-6-7-12-27(19,4)24(20)25(31)26(28(21,23)5)33-18(3)30/h16-17,19-24,26H,6-15H2,1-5H3/t16-,17+,19?,20+,21+,22+,23+,24-,26?,27+,28+,29-/m1/s1. The number of ketones is 1. The Labute approximate surface area is 205 Å². The maximum absolute atomic E-state index is 14.5. The lowest BCUT2D eigenvalue weighted by Crippen LogP contribution is -2.64. The Morgan fingerprint density at radius 2 is 1.85 bits per heavy atom. The van der Waals surface area contributed by atoms with Crippen LogP contribution in [0.15, 0.2) is 0 Å². The van der Waals surface area contributed by atoms with Gasteiger partial charge in [0.05, 0.1) is 12.7 Å². The number of ether oxygens (including phenoxy) is 3. The Balaban J connectivity index is 1.40. The number of rotatable bonds is 1. The topological polar surface area (TPSA) is 61.8 Å². The Morgan fingerprint density at radius 1 is 1.06 bits per heavy atom. The second kappa shape index (κ2) is 7.78. The number of carbonyl (C=O) groups is 2. The van der Waals surface area contributed by atoms with Gasteiger partial charge in [0.15, 0.2) is 17.7 Å². The molecule has 0 bridgehead atoms. The fraction of sp³-hybridized carbons (Fsp3) is 0.931. The molecule has 0 amide bonds. The van der Waals surface area contributed by atoms with E-state index in [9.17, 15) is 9.59 Å². The molecule has 2 unspecified atom stereocenters. The third kappa shape index (κ3) is 2.98. The lowest BCUT2D eigenvalue weighted by Gasteiger charge is -2.61. The summed E-state index contributed by atoms with van der Waals surface area (Å²) in [5.41, 5.74) is -0.339. The molecule has 6 fully saturated rings. The van der Waals surface area contributed by atoms with Gasteiger partial charge in [-0.1, -0.05) is 40.5 Å². The van der Waals surface area contributed by atoms with Crippen molar-refractivity contribution in [3.8, 4) is 0 Å². The van der Waals surface area contributed by atoms with Gasteiger partial charge in [0.25, 0.3) is 0 Å². The van der Waals surface area contributed by atoms with Gasteiger partial charge in [0.1, 0.15) is 0 Å². The summed E-state index contributed by atoms with van der Waals surface area (Å²) in [6.45, 7) is 11.4. The molecule has 12 atom stereocenters. The minimum Gasteiger partial charge on any atom is -0.454 e. The maximum atomic E-state index is 14.5. The summed E-state index contributed by atoms with van der Waals surface area (Å²) < 4.78 is 19.3. The monoisotopic (exact) mass is 472 g/mol. The maximum Gasteiger partial charge on any atom is 0.303 e. The molecule has 34 heavy (non-hydrogen) atoms. The fourth-order valence-electron chi connectivity index (χ4n) is 10.4. The van der Waals surface area contributed by atoms with Gasteiger partial charge in [-0.05, 0) is 67.6 Å². The van der Waals surface area contributed by atoms with Gasteiger partial charge in [-0.15, -0.1) is 0 Å². The molecule has 190 valence electrons. The Hall–Kier alpha value is -0.940. The first-order valence-electron chi connectivity index (χ1n) is 14.1. The third-order valence-electron chi connectivity index (χ3n) is 12.0. The molecule has 4 saturated carbocycles. The van der Waals surface area contributed by atoms with Crippen molar-refractivity contribution < 1.29 is 23.8 Å². The van der Waals surface area contributed by atoms with Crippen molar-refractivity contribution in [2.75, 3.05) is 6.61 Å². The smallest absolute Gasteiger partial charge is 0.303 e. The van der Waals surface area contributed by atoms with E-state index in [-0.39, 0.29) is 46.4 Å². The summed E-state index contributed by atoms with van der Waals surface area (Å²) in [5, 5.41) is 0. The molecule has 6 rings (SSSR count). The summed E-state index contributed by atoms with van der Waals surface area (Å²) >= 11 is 0. The van der Waals surface area contributed by atoms with Crippen LogP contribution in [0.4, 0.5) is 0 Å². The quantitative estimate of drug-likeness (QED) is 0.469. The number of Topliss-reactive ketones (excluding diaryl/α,β-unsaturated/α-hetero) is 1. The predicted molar refractivity (Wildman–Crippen MR) is 128 cm³/mol. The molecule has 5 heteroatoms. The highest BCUT2D eigenvalue weighted by atomic mass is 16.7. The number of carbonyl (C=O) groups excluding carboxylic acids is 2. The average Bonchev–Trinajstić information content (AvgIpc) is 3.23. The van der Waals surface area contributed by atoms with Crippen molar-refractivity contribution in [2.24, 2.45) is 52.3 Å². The van der Waals surface area contributed by atoms with E-state index >= 15 is 0 Å². The molecule has 5 nitrogen and oxygen atoms in total. The Kier molecular flexibility index (Phi) is 5.37. The van der Waals surface area contributed by atoms with Crippen molar-refractivity contribution >= 4 is 11.8 Å². The molecule has 6 aliphatic rings. The number of esters is 1. The zero-order chi connectivity index (χ0) is 24.0. The first-order chi connectivity index (χ1) is 16.1. The zero-order valence-electron chi connectivity index (χ0n) is 21.8. The Morgan fingerprint density at radius 3 is 2.56 bits per heavy atom. The van der Waals surface area contributed by atoms with E-state index in [0.29, 0.717) is 23.7 Å². The first kappa shape index (κ1) is 23.5. The van der Waals surface area contributed by atoms with E-state index in [2.05, 4.69) is 27.7 Å². The molecule has 0 N–H and O–H groups in total. The van der Waals surface area contributed by atoms with Gasteiger partial charge in [0, 0.05) is 36.5 Å². The summed E-state index contributed by atoms with van der Waals surface area (Å²) in [4.78, 5) is 26.8. The molecule has 4 aliphatic carbocycles. The lowest BCUT2D eigenvalue weighted by atomic mass is 9.43. The van der Waals surface area contributed by atoms with Crippen LogP contribution >= 0.6 is 0 Å². The number of fused-ring (bicyclic) bond motifs is 7. The second-order valence-corrected chi connectivity index (χ2v) is 13.5. The number of hydrogen-bond donors (Lipinski definition) is 0. The van der Waals surface area contributed by atoms with Crippen LogP contribution in [0.2, 0.25) is 0 Å². The summed E-state index contributed by atoms with van der Waals surface area (Å²) in [7, 11) is 0. The molecule has 0 aromatic carbocycles. The van der Waals surface area contributed by atoms with Gasteiger partial charge in [-0.25, -0.2) is 0 Å². The third-order valence-corrected chi connectivity index (χ3v) is 12.0. The van der Waals surface area contributed by atoms with Gasteiger partial charge >= 0.3 is 5.97 Å². The van der Waals surface area contributed by atoms with E-state index < -0.39 is 11.9 Å². The van der Waals surface area contributed by atoms with Crippen LogP contribution in [0.3, 0.4) is 0 Å². The van der Waals surface area contributed by atoms with Gasteiger partial charge in [0.2, 0.25) is 0 Å². The second-order valence-electron chi connectivity index (χ2n) is 13.5. The summed E-state index contributed by atoms with van der Waals surface area (Å²) in [6.07, 6.45) is 9.69.